The summed E-state index contributed by atoms with van der Waals surface area (Å²) in [5.41, 5.74) is 1.92. The predicted octanol–water partition coefficient (Wildman–Crippen LogP) is 4.22. The average Bonchev–Trinajstić information content (AvgIpc) is 2.46. The van der Waals surface area contributed by atoms with Crippen LogP contribution in [0.15, 0.2) is 59.1 Å². The van der Waals surface area contributed by atoms with Gasteiger partial charge in [0.1, 0.15) is 0 Å². The molecule has 0 N–H and O–H groups in total. The Bertz CT molecular complexity index is 568. The number of benzene rings is 2. The zero-order valence-corrected chi connectivity index (χ0v) is 12.6. The molecule has 0 aliphatic carbocycles. The Morgan fingerprint density at radius 1 is 1.05 bits per heavy atom. The van der Waals surface area contributed by atoms with E-state index < -0.39 is 0 Å². The van der Waals surface area contributed by atoms with Crippen LogP contribution in [-0.4, -0.2) is 13.0 Å². The molecule has 98 valence electrons. The quantitative estimate of drug-likeness (QED) is 0.830. The topological polar surface area (TPSA) is 20.3 Å². The highest BCUT2D eigenvalue weighted by Crippen LogP contribution is 2.27. The van der Waals surface area contributed by atoms with Crippen LogP contribution in [0.2, 0.25) is 0 Å². The predicted molar refractivity (Wildman–Crippen MR) is 82.4 cm³/mol. The number of carbonyl (C=O) groups excluding carboxylic acids is 1. The summed E-state index contributed by atoms with van der Waals surface area (Å²) < 4.78 is 0.922. The molecular formula is C16H16BrNO. The van der Waals surface area contributed by atoms with Crippen LogP contribution in [0.1, 0.15) is 18.4 Å². The Kier molecular flexibility index (Phi) is 4.38. The van der Waals surface area contributed by atoms with Gasteiger partial charge in [0.05, 0.1) is 11.6 Å². The Morgan fingerprint density at radius 3 is 2.26 bits per heavy atom. The summed E-state index contributed by atoms with van der Waals surface area (Å²) in [6.07, 6.45) is 0. The van der Waals surface area contributed by atoms with E-state index in [-0.39, 0.29) is 11.8 Å². The number of carbonyl (C=O) groups is 1. The van der Waals surface area contributed by atoms with Crippen LogP contribution in [0.5, 0.6) is 0 Å². The molecule has 0 fully saturated rings. The molecule has 3 heteroatoms. The van der Waals surface area contributed by atoms with E-state index in [1.165, 1.54) is 0 Å². The minimum atomic E-state index is -0.154. The second-order valence-corrected chi connectivity index (χ2v) is 5.34. The van der Waals surface area contributed by atoms with Crippen LogP contribution < -0.4 is 4.90 Å². The third-order valence-corrected chi connectivity index (χ3v) is 3.88. The Hall–Kier alpha value is -1.61. The normalized spacial score (nSPS) is 11.9. The molecule has 2 aromatic carbocycles. The van der Waals surface area contributed by atoms with Gasteiger partial charge in [0.2, 0.25) is 5.91 Å². The SMILES string of the molecule is C[C@H](C(=O)N(C)c1ccccc1Br)c1ccccc1. The molecule has 0 spiro atoms. The molecule has 2 aromatic rings. The molecule has 0 saturated carbocycles. The standard InChI is InChI=1S/C16H16BrNO/c1-12(13-8-4-3-5-9-13)16(19)18(2)15-11-7-6-10-14(15)17/h3-12H,1-2H3/t12-/m0/s1. The fraction of sp³-hybridized carbons (Fsp3) is 0.188. The van der Waals surface area contributed by atoms with Crippen molar-refractivity contribution < 1.29 is 4.79 Å². The minimum absolute atomic E-state index is 0.0816. The van der Waals surface area contributed by atoms with Gasteiger partial charge in [-0.05, 0) is 40.5 Å². The van der Waals surface area contributed by atoms with Crippen molar-refractivity contribution in [1.82, 2.24) is 0 Å². The van der Waals surface area contributed by atoms with Crippen molar-refractivity contribution in [3.8, 4) is 0 Å². The van der Waals surface area contributed by atoms with Crippen LogP contribution in [0.25, 0.3) is 0 Å². The lowest BCUT2D eigenvalue weighted by Crippen LogP contribution is -2.30. The van der Waals surface area contributed by atoms with E-state index in [9.17, 15) is 4.79 Å². The summed E-state index contributed by atoms with van der Waals surface area (Å²) in [5.74, 6) is -0.0728. The van der Waals surface area contributed by atoms with Gasteiger partial charge < -0.3 is 4.90 Å². The van der Waals surface area contributed by atoms with Crippen LogP contribution in [0.4, 0.5) is 5.69 Å². The summed E-state index contributed by atoms with van der Waals surface area (Å²) in [6.45, 7) is 1.94. The molecule has 0 heterocycles. The van der Waals surface area contributed by atoms with Gasteiger partial charge in [-0.25, -0.2) is 0 Å². The number of nitrogens with zero attached hydrogens (tertiary/aromatic N) is 1. The van der Waals surface area contributed by atoms with Crippen molar-refractivity contribution in [2.75, 3.05) is 11.9 Å². The number of hydrogen-bond acceptors (Lipinski definition) is 1. The molecule has 0 unspecified atom stereocenters. The summed E-state index contributed by atoms with van der Waals surface area (Å²) >= 11 is 3.48. The Balaban J connectivity index is 2.23. The maximum absolute atomic E-state index is 12.5. The second kappa shape index (κ2) is 6.02. The molecule has 0 aliphatic rings. The zero-order valence-electron chi connectivity index (χ0n) is 11.0. The summed E-state index contributed by atoms with van der Waals surface area (Å²) in [6, 6.07) is 17.6. The first-order chi connectivity index (χ1) is 9.11. The molecule has 2 rings (SSSR count). The van der Waals surface area contributed by atoms with Crippen LogP contribution in [0, 0.1) is 0 Å². The summed E-state index contributed by atoms with van der Waals surface area (Å²) in [4.78, 5) is 14.2. The van der Waals surface area contributed by atoms with Gasteiger partial charge in [-0.3, -0.25) is 4.79 Å². The number of para-hydroxylation sites is 1. The van der Waals surface area contributed by atoms with Gasteiger partial charge in [-0.15, -0.1) is 0 Å². The molecule has 2 nitrogen and oxygen atoms in total. The zero-order chi connectivity index (χ0) is 13.8. The highest BCUT2D eigenvalue weighted by Gasteiger charge is 2.21. The van der Waals surface area contributed by atoms with E-state index in [0.717, 1.165) is 15.7 Å². The minimum Gasteiger partial charge on any atom is -0.314 e. The van der Waals surface area contributed by atoms with Gasteiger partial charge in [0.25, 0.3) is 0 Å². The average molecular weight is 318 g/mol. The molecule has 0 radical (unpaired) electrons. The van der Waals surface area contributed by atoms with Crippen molar-refractivity contribution in [3.63, 3.8) is 0 Å². The lowest BCUT2D eigenvalue weighted by atomic mass is 10.00. The van der Waals surface area contributed by atoms with E-state index >= 15 is 0 Å². The lowest BCUT2D eigenvalue weighted by molar-refractivity contribution is -0.119. The Labute approximate surface area is 122 Å². The number of rotatable bonds is 3. The lowest BCUT2D eigenvalue weighted by Gasteiger charge is -2.22. The largest absolute Gasteiger partial charge is 0.314 e. The van der Waals surface area contributed by atoms with E-state index in [2.05, 4.69) is 15.9 Å². The number of amides is 1. The molecule has 0 bridgehead atoms. The molecule has 1 amide bonds. The molecule has 19 heavy (non-hydrogen) atoms. The number of likely N-dealkylation sites (N-methyl/N-ethyl adjacent to an activating group) is 1. The molecule has 0 aromatic heterocycles. The van der Waals surface area contributed by atoms with E-state index in [1.54, 1.807) is 4.90 Å². The van der Waals surface area contributed by atoms with E-state index in [0.29, 0.717) is 0 Å². The molecular weight excluding hydrogens is 302 g/mol. The smallest absolute Gasteiger partial charge is 0.234 e. The van der Waals surface area contributed by atoms with Gasteiger partial charge in [-0.1, -0.05) is 42.5 Å². The van der Waals surface area contributed by atoms with Gasteiger partial charge in [0, 0.05) is 11.5 Å². The number of halogens is 1. The highest BCUT2D eigenvalue weighted by molar-refractivity contribution is 9.10. The van der Waals surface area contributed by atoms with Crippen LogP contribution in [0.3, 0.4) is 0 Å². The van der Waals surface area contributed by atoms with Crippen molar-refractivity contribution in [2.45, 2.75) is 12.8 Å². The summed E-state index contributed by atoms with van der Waals surface area (Å²) in [7, 11) is 1.81. The van der Waals surface area contributed by atoms with Gasteiger partial charge >= 0.3 is 0 Å². The third kappa shape index (κ3) is 3.04. The van der Waals surface area contributed by atoms with Gasteiger partial charge in [0.15, 0.2) is 0 Å². The van der Waals surface area contributed by atoms with Crippen molar-refractivity contribution in [1.29, 1.82) is 0 Å². The third-order valence-electron chi connectivity index (χ3n) is 3.21. The fourth-order valence-electron chi connectivity index (χ4n) is 2.02. The second-order valence-electron chi connectivity index (χ2n) is 4.48. The Morgan fingerprint density at radius 2 is 1.63 bits per heavy atom. The molecule has 1 atom stereocenters. The monoisotopic (exact) mass is 317 g/mol. The highest BCUT2D eigenvalue weighted by atomic mass is 79.9. The first kappa shape index (κ1) is 13.8. The van der Waals surface area contributed by atoms with Crippen molar-refractivity contribution in [3.05, 3.63) is 64.6 Å². The first-order valence-corrected chi connectivity index (χ1v) is 6.97. The number of hydrogen-bond donors (Lipinski definition) is 0. The van der Waals surface area contributed by atoms with Crippen molar-refractivity contribution in [2.24, 2.45) is 0 Å². The fourth-order valence-corrected chi connectivity index (χ4v) is 2.57. The van der Waals surface area contributed by atoms with Crippen LogP contribution in [-0.2, 0) is 4.79 Å². The number of anilines is 1. The maximum Gasteiger partial charge on any atom is 0.234 e. The van der Waals surface area contributed by atoms with E-state index in [1.807, 2.05) is 68.6 Å². The first-order valence-electron chi connectivity index (χ1n) is 6.18. The maximum atomic E-state index is 12.5. The molecule has 0 aliphatic heterocycles. The summed E-state index contributed by atoms with van der Waals surface area (Å²) in [5, 5.41) is 0. The van der Waals surface area contributed by atoms with Gasteiger partial charge in [-0.2, -0.15) is 0 Å². The van der Waals surface area contributed by atoms with Crippen molar-refractivity contribution >= 4 is 27.5 Å². The van der Waals surface area contributed by atoms with Crippen LogP contribution >= 0.6 is 15.9 Å². The molecule has 0 saturated heterocycles. The van der Waals surface area contributed by atoms with E-state index in [4.69, 9.17) is 0 Å².